The van der Waals surface area contributed by atoms with E-state index < -0.39 is 23.0 Å². The Morgan fingerprint density at radius 3 is 2.04 bits per heavy atom. The van der Waals surface area contributed by atoms with Gasteiger partial charge in [0.25, 0.3) is 0 Å². The van der Waals surface area contributed by atoms with Gasteiger partial charge in [0.1, 0.15) is 5.54 Å². The lowest BCUT2D eigenvalue weighted by molar-refractivity contribution is -0.144. The Bertz CT molecular complexity index is 557. The van der Waals surface area contributed by atoms with E-state index in [9.17, 15) is 27.9 Å². The highest BCUT2D eigenvalue weighted by molar-refractivity contribution is 8.00. The number of carboxylic acid groups (broad SMARTS) is 1. The van der Waals surface area contributed by atoms with Crippen LogP contribution in [0.25, 0.3) is 0 Å². The van der Waals surface area contributed by atoms with Crippen molar-refractivity contribution in [3.63, 3.8) is 0 Å². The number of carbonyl (C=O) groups excluding carboxylic acids is 1. The van der Waals surface area contributed by atoms with Gasteiger partial charge < -0.3 is 15.7 Å². The van der Waals surface area contributed by atoms with Gasteiger partial charge in [-0.2, -0.15) is 13.2 Å². The number of thioether (sulfide) groups is 1. The third-order valence-electron chi connectivity index (χ3n) is 3.32. The lowest BCUT2D eigenvalue weighted by Crippen LogP contribution is -2.54. The lowest BCUT2D eigenvalue weighted by Gasteiger charge is -2.28. The van der Waals surface area contributed by atoms with Gasteiger partial charge in [-0.3, -0.25) is 0 Å². The number of urea groups is 1. The number of nitrogens with one attached hydrogen (secondary N) is 2. The Hall–Kier alpha value is -1.90. The molecule has 0 fully saturated rings. The van der Waals surface area contributed by atoms with Crippen molar-refractivity contribution in [1.29, 1.82) is 0 Å². The minimum absolute atomic E-state index is 0.00884. The van der Waals surface area contributed by atoms with E-state index in [4.69, 9.17) is 0 Å². The summed E-state index contributed by atoms with van der Waals surface area (Å²) >= 11 is -0.257. The molecule has 0 atom stereocenters. The molecule has 128 valence electrons. The van der Waals surface area contributed by atoms with Crippen LogP contribution in [0.1, 0.15) is 26.7 Å². The molecular formula is C14H17F3N2O3S. The molecule has 0 saturated heterocycles. The zero-order valence-electron chi connectivity index (χ0n) is 12.5. The Balaban J connectivity index is 2.72. The summed E-state index contributed by atoms with van der Waals surface area (Å²) in [5.41, 5.74) is -5.49. The highest BCUT2D eigenvalue weighted by Crippen LogP contribution is 2.37. The van der Waals surface area contributed by atoms with Gasteiger partial charge in [-0.05, 0) is 48.9 Å². The Morgan fingerprint density at radius 2 is 1.65 bits per heavy atom. The number of amides is 2. The summed E-state index contributed by atoms with van der Waals surface area (Å²) in [5.74, 6) is -1.14. The summed E-state index contributed by atoms with van der Waals surface area (Å²) in [6.07, 6.45) is 0.404. The maximum atomic E-state index is 12.2. The van der Waals surface area contributed by atoms with Crippen LogP contribution in [-0.4, -0.2) is 28.2 Å². The van der Waals surface area contributed by atoms with Crippen LogP contribution in [0.3, 0.4) is 0 Å². The number of hydrogen-bond acceptors (Lipinski definition) is 3. The van der Waals surface area contributed by atoms with Crippen molar-refractivity contribution in [3.05, 3.63) is 24.3 Å². The summed E-state index contributed by atoms with van der Waals surface area (Å²) in [5, 5.41) is 14.0. The summed E-state index contributed by atoms with van der Waals surface area (Å²) < 4.78 is 36.7. The molecule has 0 aliphatic heterocycles. The molecule has 1 aromatic carbocycles. The number of halogens is 3. The van der Waals surface area contributed by atoms with E-state index in [2.05, 4.69) is 10.6 Å². The highest BCUT2D eigenvalue weighted by Gasteiger charge is 2.36. The molecule has 2 amide bonds. The zero-order valence-corrected chi connectivity index (χ0v) is 13.3. The first kappa shape index (κ1) is 19.1. The van der Waals surface area contributed by atoms with E-state index in [1.54, 1.807) is 13.8 Å². The van der Waals surface area contributed by atoms with Crippen LogP contribution in [0.5, 0.6) is 0 Å². The number of benzene rings is 1. The average molecular weight is 350 g/mol. The predicted octanol–water partition coefficient (Wildman–Crippen LogP) is 4.06. The third kappa shape index (κ3) is 5.66. The van der Waals surface area contributed by atoms with Crippen molar-refractivity contribution in [2.45, 2.75) is 42.6 Å². The molecule has 0 aromatic heterocycles. The molecule has 0 unspecified atom stereocenters. The number of aliphatic carboxylic acids is 1. The first-order chi connectivity index (χ1) is 10.6. The van der Waals surface area contributed by atoms with E-state index in [0.717, 1.165) is 0 Å². The van der Waals surface area contributed by atoms with Gasteiger partial charge in [0.05, 0.1) is 0 Å². The van der Waals surface area contributed by atoms with E-state index in [-0.39, 0.29) is 35.2 Å². The minimum atomic E-state index is -4.38. The maximum Gasteiger partial charge on any atom is 0.446 e. The number of rotatable bonds is 6. The van der Waals surface area contributed by atoms with Crippen LogP contribution >= 0.6 is 11.8 Å². The number of hydrogen-bond donors (Lipinski definition) is 3. The topological polar surface area (TPSA) is 78.4 Å². The minimum Gasteiger partial charge on any atom is -0.480 e. The average Bonchev–Trinajstić information content (AvgIpc) is 2.45. The third-order valence-corrected chi connectivity index (χ3v) is 4.05. The molecule has 0 bridgehead atoms. The zero-order chi connectivity index (χ0) is 17.7. The Morgan fingerprint density at radius 1 is 1.13 bits per heavy atom. The van der Waals surface area contributed by atoms with Crippen LogP contribution in [0, 0.1) is 0 Å². The number of carboxylic acids is 1. The monoisotopic (exact) mass is 350 g/mol. The molecule has 9 heteroatoms. The first-order valence-electron chi connectivity index (χ1n) is 6.80. The number of alkyl halides is 3. The normalized spacial score (nSPS) is 11.9. The molecule has 3 N–H and O–H groups in total. The van der Waals surface area contributed by atoms with Crippen LogP contribution in [0.4, 0.5) is 23.7 Å². The molecule has 23 heavy (non-hydrogen) atoms. The van der Waals surface area contributed by atoms with E-state index in [1.807, 2.05) is 0 Å². The second kappa shape index (κ2) is 7.58. The number of carbonyl (C=O) groups is 2. The van der Waals surface area contributed by atoms with Crippen molar-refractivity contribution >= 4 is 29.4 Å². The molecule has 0 aliphatic carbocycles. The maximum absolute atomic E-state index is 12.2. The van der Waals surface area contributed by atoms with Gasteiger partial charge in [-0.25, -0.2) is 9.59 Å². The van der Waals surface area contributed by atoms with E-state index in [1.165, 1.54) is 24.3 Å². The van der Waals surface area contributed by atoms with Crippen molar-refractivity contribution in [2.24, 2.45) is 0 Å². The molecule has 0 spiro atoms. The first-order valence-corrected chi connectivity index (χ1v) is 7.62. The van der Waals surface area contributed by atoms with Gasteiger partial charge >= 0.3 is 17.5 Å². The fourth-order valence-electron chi connectivity index (χ4n) is 1.90. The van der Waals surface area contributed by atoms with Crippen LogP contribution in [-0.2, 0) is 4.79 Å². The van der Waals surface area contributed by atoms with Crippen LogP contribution in [0.2, 0.25) is 0 Å². The van der Waals surface area contributed by atoms with E-state index >= 15 is 0 Å². The largest absolute Gasteiger partial charge is 0.480 e. The smallest absolute Gasteiger partial charge is 0.446 e. The summed E-state index contributed by atoms with van der Waals surface area (Å²) in [6.45, 7) is 3.28. The molecule has 1 rings (SSSR count). The van der Waals surface area contributed by atoms with Gasteiger partial charge in [-0.1, -0.05) is 13.8 Å². The summed E-state index contributed by atoms with van der Waals surface area (Å²) in [4.78, 5) is 23.2. The van der Waals surface area contributed by atoms with Crippen LogP contribution in [0.15, 0.2) is 29.2 Å². The van der Waals surface area contributed by atoms with Crippen molar-refractivity contribution in [3.8, 4) is 0 Å². The molecule has 0 heterocycles. The van der Waals surface area contributed by atoms with Gasteiger partial charge in [-0.15, -0.1) is 0 Å². The second-order valence-electron chi connectivity index (χ2n) is 4.75. The van der Waals surface area contributed by atoms with Crippen molar-refractivity contribution in [1.82, 2.24) is 5.32 Å². The highest BCUT2D eigenvalue weighted by atomic mass is 32.2. The Labute approximate surface area is 135 Å². The molecule has 0 aliphatic rings. The molecule has 5 nitrogen and oxygen atoms in total. The molecule has 0 saturated carbocycles. The standard InChI is InChI=1S/C14H17F3N2O3S/c1-3-13(4-2,11(20)21)19-12(22)18-9-5-7-10(8-6-9)23-14(15,16)17/h5-8H,3-4H2,1-2H3,(H,20,21)(H2,18,19,22). The van der Waals surface area contributed by atoms with Gasteiger partial charge in [0, 0.05) is 10.6 Å². The second-order valence-corrected chi connectivity index (χ2v) is 5.88. The fourth-order valence-corrected chi connectivity index (χ4v) is 2.44. The fraction of sp³-hybridized carbons (Fsp3) is 0.429. The van der Waals surface area contributed by atoms with Crippen LogP contribution < -0.4 is 10.6 Å². The van der Waals surface area contributed by atoms with Gasteiger partial charge in [0.15, 0.2) is 0 Å². The SMILES string of the molecule is CCC(CC)(NC(=O)Nc1ccc(SC(F)(F)F)cc1)C(=O)O. The lowest BCUT2D eigenvalue weighted by atomic mass is 9.93. The number of anilines is 1. The summed E-state index contributed by atoms with van der Waals surface area (Å²) in [6, 6.07) is 4.34. The van der Waals surface area contributed by atoms with Crippen molar-refractivity contribution < 1.29 is 27.9 Å². The van der Waals surface area contributed by atoms with Gasteiger partial charge in [0.2, 0.25) is 0 Å². The van der Waals surface area contributed by atoms with Crippen molar-refractivity contribution in [2.75, 3.05) is 5.32 Å². The molecular weight excluding hydrogens is 333 g/mol. The Kier molecular flexibility index (Phi) is 6.31. The summed E-state index contributed by atoms with van der Waals surface area (Å²) in [7, 11) is 0. The predicted molar refractivity (Wildman–Crippen MR) is 81.5 cm³/mol. The van der Waals surface area contributed by atoms with E-state index in [0.29, 0.717) is 0 Å². The quantitative estimate of drug-likeness (QED) is 0.676. The molecule has 1 aromatic rings. The molecule has 0 radical (unpaired) electrons.